The van der Waals surface area contributed by atoms with Crippen LogP contribution in [0.25, 0.3) is 0 Å². The quantitative estimate of drug-likeness (QED) is 0.0487. The standard InChI is InChI=1S/C49H88O6/c1-4-6-8-10-12-20-28-34-42-54-48(50)36-30-24-18-14-16-22-26-32-40-52-46-39-38-45(3)44-47(46)53-41-33-27-23-17-15-19-25-31-37-49(51)55-43-35-29-21-13-11-9-7-5-2/h38-39,44H,4-37,40-43H2,1-3H3. The molecule has 1 aromatic carbocycles. The lowest BCUT2D eigenvalue weighted by atomic mass is 10.1. The molecule has 0 aliphatic carbocycles. The van der Waals surface area contributed by atoms with Crippen LogP contribution in [0.2, 0.25) is 0 Å². The summed E-state index contributed by atoms with van der Waals surface area (Å²) < 4.78 is 23.2. The van der Waals surface area contributed by atoms with E-state index in [4.69, 9.17) is 18.9 Å². The molecule has 0 aliphatic rings. The van der Waals surface area contributed by atoms with Crippen molar-refractivity contribution in [1.29, 1.82) is 0 Å². The molecule has 0 atom stereocenters. The van der Waals surface area contributed by atoms with Gasteiger partial charge in [0.25, 0.3) is 0 Å². The zero-order valence-corrected chi connectivity index (χ0v) is 36.6. The van der Waals surface area contributed by atoms with Crippen LogP contribution in [-0.2, 0) is 19.1 Å². The average molecular weight is 773 g/mol. The van der Waals surface area contributed by atoms with Crippen molar-refractivity contribution in [2.45, 2.75) is 239 Å². The molecule has 320 valence electrons. The highest BCUT2D eigenvalue weighted by molar-refractivity contribution is 5.69. The van der Waals surface area contributed by atoms with E-state index < -0.39 is 0 Å². The van der Waals surface area contributed by atoms with E-state index >= 15 is 0 Å². The minimum absolute atomic E-state index is 0.0140. The minimum Gasteiger partial charge on any atom is -0.490 e. The van der Waals surface area contributed by atoms with Gasteiger partial charge in [0.15, 0.2) is 11.5 Å². The Balaban J connectivity index is 1.93. The molecule has 0 radical (unpaired) electrons. The largest absolute Gasteiger partial charge is 0.490 e. The van der Waals surface area contributed by atoms with E-state index in [1.54, 1.807) is 0 Å². The van der Waals surface area contributed by atoms with E-state index in [0.717, 1.165) is 76.1 Å². The number of esters is 2. The molecule has 0 unspecified atom stereocenters. The predicted octanol–water partition coefficient (Wildman–Crippen LogP) is 15.1. The molecule has 0 aliphatic heterocycles. The predicted molar refractivity (Wildman–Crippen MR) is 232 cm³/mol. The molecule has 6 nitrogen and oxygen atoms in total. The van der Waals surface area contributed by atoms with Gasteiger partial charge in [-0.25, -0.2) is 0 Å². The van der Waals surface area contributed by atoms with Crippen LogP contribution < -0.4 is 9.47 Å². The van der Waals surface area contributed by atoms with E-state index in [0.29, 0.717) is 26.1 Å². The maximum Gasteiger partial charge on any atom is 0.305 e. The first-order valence-electron chi connectivity index (χ1n) is 23.7. The first-order chi connectivity index (χ1) is 27.1. The van der Waals surface area contributed by atoms with E-state index in [1.165, 1.54) is 160 Å². The van der Waals surface area contributed by atoms with Crippen LogP contribution in [0, 0.1) is 6.92 Å². The molecule has 0 heterocycles. The Morgan fingerprint density at radius 2 is 0.691 bits per heavy atom. The third kappa shape index (κ3) is 34.7. The second-order valence-corrected chi connectivity index (χ2v) is 16.2. The summed E-state index contributed by atoms with van der Waals surface area (Å²) in [5.74, 6) is 1.70. The number of carbonyl (C=O) groups excluding carboxylic acids is 2. The van der Waals surface area contributed by atoms with E-state index in [2.05, 4.69) is 32.9 Å². The van der Waals surface area contributed by atoms with Crippen molar-refractivity contribution in [3.63, 3.8) is 0 Å². The molecule has 0 bridgehead atoms. The van der Waals surface area contributed by atoms with Crippen molar-refractivity contribution in [2.75, 3.05) is 26.4 Å². The van der Waals surface area contributed by atoms with Gasteiger partial charge >= 0.3 is 11.9 Å². The van der Waals surface area contributed by atoms with Gasteiger partial charge in [-0.15, -0.1) is 0 Å². The van der Waals surface area contributed by atoms with Crippen molar-refractivity contribution < 1.29 is 28.5 Å². The molecule has 0 saturated carbocycles. The summed E-state index contributed by atoms with van der Waals surface area (Å²) in [5, 5.41) is 0. The number of benzene rings is 1. The summed E-state index contributed by atoms with van der Waals surface area (Å²) in [7, 11) is 0. The lowest BCUT2D eigenvalue weighted by Crippen LogP contribution is -2.05. The molecule has 0 N–H and O–H groups in total. The molecule has 0 amide bonds. The maximum atomic E-state index is 12.0. The van der Waals surface area contributed by atoms with Crippen LogP contribution >= 0.6 is 0 Å². The minimum atomic E-state index is -0.0140. The Morgan fingerprint density at radius 3 is 1.07 bits per heavy atom. The SMILES string of the molecule is CCCCCCCCCCOC(=O)CCCCCCCCCCOc1ccc(C)cc1OCCCCCCCCCCC(=O)OCCCCCCCCCC. The fourth-order valence-corrected chi connectivity index (χ4v) is 7.06. The number of aryl methyl sites for hydroxylation is 1. The first-order valence-corrected chi connectivity index (χ1v) is 23.7. The monoisotopic (exact) mass is 773 g/mol. The molecule has 0 saturated heterocycles. The zero-order chi connectivity index (χ0) is 39.7. The Bertz CT molecular complexity index is 994. The van der Waals surface area contributed by atoms with Gasteiger partial charge in [0.2, 0.25) is 0 Å². The number of rotatable bonds is 42. The molecule has 0 spiro atoms. The fraction of sp³-hybridized carbons (Fsp3) is 0.837. The molecular formula is C49H88O6. The first kappa shape index (κ1) is 50.8. The third-order valence-corrected chi connectivity index (χ3v) is 10.7. The van der Waals surface area contributed by atoms with Gasteiger partial charge in [0.05, 0.1) is 26.4 Å². The molecule has 0 aromatic heterocycles. The van der Waals surface area contributed by atoms with Gasteiger partial charge in [-0.2, -0.15) is 0 Å². The number of hydrogen-bond acceptors (Lipinski definition) is 6. The van der Waals surface area contributed by atoms with Gasteiger partial charge in [0, 0.05) is 12.8 Å². The smallest absolute Gasteiger partial charge is 0.305 e. The summed E-state index contributed by atoms with van der Waals surface area (Å²) in [6.45, 7) is 9.25. The Kier molecular flexibility index (Phi) is 36.9. The van der Waals surface area contributed by atoms with Crippen LogP contribution in [0.5, 0.6) is 11.5 Å². The topological polar surface area (TPSA) is 71.1 Å². The highest BCUT2D eigenvalue weighted by atomic mass is 16.5. The van der Waals surface area contributed by atoms with Crippen LogP contribution in [0.3, 0.4) is 0 Å². The van der Waals surface area contributed by atoms with Gasteiger partial charge < -0.3 is 18.9 Å². The summed E-state index contributed by atoms with van der Waals surface area (Å²) in [6, 6.07) is 6.24. The average Bonchev–Trinajstić information content (AvgIpc) is 3.18. The fourth-order valence-electron chi connectivity index (χ4n) is 7.06. The highest BCUT2D eigenvalue weighted by Crippen LogP contribution is 2.29. The number of ether oxygens (including phenoxy) is 4. The summed E-state index contributed by atoms with van der Waals surface area (Å²) >= 11 is 0. The Morgan fingerprint density at radius 1 is 0.382 bits per heavy atom. The normalized spacial score (nSPS) is 11.2. The van der Waals surface area contributed by atoms with Crippen molar-refractivity contribution in [3.05, 3.63) is 23.8 Å². The summed E-state index contributed by atoms with van der Waals surface area (Å²) in [5.41, 5.74) is 1.19. The Hall–Kier alpha value is -2.24. The van der Waals surface area contributed by atoms with Crippen molar-refractivity contribution in [2.24, 2.45) is 0 Å². The molecular weight excluding hydrogens is 685 g/mol. The maximum absolute atomic E-state index is 12.0. The molecule has 6 heteroatoms. The van der Waals surface area contributed by atoms with Crippen molar-refractivity contribution in [3.8, 4) is 11.5 Å². The summed E-state index contributed by atoms with van der Waals surface area (Å²) in [4.78, 5) is 23.9. The molecule has 55 heavy (non-hydrogen) atoms. The number of hydrogen-bond donors (Lipinski definition) is 0. The second-order valence-electron chi connectivity index (χ2n) is 16.2. The van der Waals surface area contributed by atoms with Gasteiger partial charge in [-0.1, -0.05) is 187 Å². The Labute approximate surface area is 340 Å². The van der Waals surface area contributed by atoms with Gasteiger partial charge in [0.1, 0.15) is 0 Å². The van der Waals surface area contributed by atoms with Crippen LogP contribution in [-0.4, -0.2) is 38.4 Å². The van der Waals surface area contributed by atoms with Gasteiger partial charge in [-0.3, -0.25) is 9.59 Å². The van der Waals surface area contributed by atoms with E-state index in [1.807, 2.05) is 6.07 Å². The molecule has 0 fully saturated rings. The molecule has 1 aromatic rings. The summed E-state index contributed by atoms with van der Waals surface area (Å²) in [6.07, 6.45) is 39.8. The molecule has 1 rings (SSSR count). The lowest BCUT2D eigenvalue weighted by molar-refractivity contribution is -0.144. The van der Waals surface area contributed by atoms with Crippen molar-refractivity contribution >= 4 is 11.9 Å². The van der Waals surface area contributed by atoms with Crippen molar-refractivity contribution in [1.82, 2.24) is 0 Å². The third-order valence-electron chi connectivity index (χ3n) is 10.7. The van der Waals surface area contributed by atoms with Crippen LogP contribution in [0.4, 0.5) is 0 Å². The number of unbranched alkanes of at least 4 members (excludes halogenated alkanes) is 28. The van der Waals surface area contributed by atoms with E-state index in [9.17, 15) is 9.59 Å². The van der Waals surface area contributed by atoms with E-state index in [-0.39, 0.29) is 11.9 Å². The van der Waals surface area contributed by atoms with Gasteiger partial charge in [-0.05, 0) is 63.1 Å². The second kappa shape index (κ2) is 40.0. The number of carbonyl (C=O) groups is 2. The van der Waals surface area contributed by atoms with Crippen LogP contribution in [0.1, 0.15) is 238 Å². The lowest BCUT2D eigenvalue weighted by Gasteiger charge is -2.13. The zero-order valence-electron chi connectivity index (χ0n) is 36.6. The highest BCUT2D eigenvalue weighted by Gasteiger charge is 2.07. The van der Waals surface area contributed by atoms with Crippen LogP contribution in [0.15, 0.2) is 18.2 Å².